The molecule has 1 fully saturated rings. The first-order valence-electron chi connectivity index (χ1n) is 7.17. The lowest BCUT2D eigenvalue weighted by atomic mass is 10.1. The largest absolute Gasteiger partial charge is 0.340 e. The SMILES string of the molecule is NC1CCCN(C(=O)CN=C2NS(=O)(=O)c3ccccc32)C1. The molecule has 1 atom stereocenters. The van der Waals surface area contributed by atoms with E-state index in [4.69, 9.17) is 5.73 Å². The molecule has 7 nitrogen and oxygen atoms in total. The summed E-state index contributed by atoms with van der Waals surface area (Å²) >= 11 is 0. The second-order valence-electron chi connectivity index (χ2n) is 5.51. The summed E-state index contributed by atoms with van der Waals surface area (Å²) in [6.07, 6.45) is 1.81. The van der Waals surface area contributed by atoms with E-state index < -0.39 is 10.0 Å². The van der Waals surface area contributed by atoms with Gasteiger partial charge in [0.15, 0.2) is 0 Å². The Bertz CT molecular complexity index is 729. The van der Waals surface area contributed by atoms with Gasteiger partial charge in [-0.05, 0) is 25.0 Å². The number of fused-ring (bicyclic) bond motifs is 1. The molecule has 2 aliphatic rings. The number of amidine groups is 1. The molecule has 3 rings (SSSR count). The van der Waals surface area contributed by atoms with Crippen molar-refractivity contribution in [2.45, 2.75) is 23.8 Å². The van der Waals surface area contributed by atoms with Crippen LogP contribution in [0.2, 0.25) is 0 Å². The minimum atomic E-state index is -3.56. The normalized spacial score (nSPS) is 24.9. The van der Waals surface area contributed by atoms with Crippen molar-refractivity contribution in [3.05, 3.63) is 29.8 Å². The number of aliphatic imine (C=N–C) groups is 1. The van der Waals surface area contributed by atoms with Crippen LogP contribution in [0.3, 0.4) is 0 Å². The average Bonchev–Trinajstić information content (AvgIpc) is 2.76. The fraction of sp³-hybridized carbons (Fsp3) is 0.429. The molecule has 0 spiro atoms. The molecule has 3 N–H and O–H groups in total. The molecular formula is C14H18N4O3S. The van der Waals surface area contributed by atoms with Crippen LogP contribution in [0.1, 0.15) is 18.4 Å². The van der Waals surface area contributed by atoms with E-state index in [1.165, 1.54) is 6.07 Å². The molecular weight excluding hydrogens is 304 g/mol. The van der Waals surface area contributed by atoms with E-state index in [0.717, 1.165) is 12.8 Å². The van der Waals surface area contributed by atoms with Gasteiger partial charge in [0.1, 0.15) is 12.4 Å². The van der Waals surface area contributed by atoms with Gasteiger partial charge in [-0.15, -0.1) is 0 Å². The molecule has 0 saturated carbocycles. The van der Waals surface area contributed by atoms with Gasteiger partial charge in [0.05, 0.1) is 4.90 Å². The molecule has 1 aromatic rings. The molecule has 1 amide bonds. The lowest BCUT2D eigenvalue weighted by Gasteiger charge is -2.30. The van der Waals surface area contributed by atoms with Crippen molar-refractivity contribution in [2.24, 2.45) is 10.7 Å². The molecule has 0 aliphatic carbocycles. The zero-order valence-electron chi connectivity index (χ0n) is 12.0. The van der Waals surface area contributed by atoms with Crippen molar-refractivity contribution in [2.75, 3.05) is 19.6 Å². The van der Waals surface area contributed by atoms with Crippen LogP contribution >= 0.6 is 0 Å². The number of nitrogens with two attached hydrogens (primary N) is 1. The highest BCUT2D eigenvalue weighted by Crippen LogP contribution is 2.22. The van der Waals surface area contributed by atoms with Crippen molar-refractivity contribution in [3.8, 4) is 0 Å². The zero-order valence-corrected chi connectivity index (χ0v) is 12.8. The summed E-state index contributed by atoms with van der Waals surface area (Å²) < 4.78 is 26.3. The Morgan fingerprint density at radius 1 is 1.41 bits per heavy atom. The number of sulfonamides is 1. The molecule has 0 aromatic heterocycles. The Kier molecular flexibility index (Phi) is 3.88. The number of hydrogen-bond acceptors (Lipinski definition) is 5. The van der Waals surface area contributed by atoms with Crippen LogP contribution in [0.15, 0.2) is 34.2 Å². The summed E-state index contributed by atoms with van der Waals surface area (Å²) in [5.74, 6) is 0.0940. The predicted octanol–water partition coefficient (Wildman–Crippen LogP) is -0.325. The quantitative estimate of drug-likeness (QED) is 0.778. The number of benzene rings is 1. The number of carbonyl (C=O) groups excluding carboxylic acids is 1. The summed E-state index contributed by atoms with van der Waals surface area (Å²) in [6, 6.07) is 6.60. The molecule has 118 valence electrons. The van der Waals surface area contributed by atoms with E-state index in [2.05, 4.69) is 9.71 Å². The minimum Gasteiger partial charge on any atom is -0.340 e. The average molecular weight is 322 g/mol. The molecule has 1 aromatic carbocycles. The van der Waals surface area contributed by atoms with Crippen molar-refractivity contribution in [1.29, 1.82) is 0 Å². The number of carbonyl (C=O) groups is 1. The van der Waals surface area contributed by atoms with Gasteiger partial charge in [-0.2, -0.15) is 0 Å². The lowest BCUT2D eigenvalue weighted by molar-refractivity contribution is -0.130. The Hall–Kier alpha value is -1.93. The number of nitrogens with zero attached hydrogens (tertiary/aromatic N) is 2. The molecule has 8 heteroatoms. The maximum atomic E-state index is 12.2. The Labute approximate surface area is 129 Å². The van der Waals surface area contributed by atoms with Gasteiger partial charge in [0, 0.05) is 24.7 Å². The highest BCUT2D eigenvalue weighted by molar-refractivity contribution is 7.90. The third kappa shape index (κ3) is 2.84. The van der Waals surface area contributed by atoms with Gasteiger partial charge in [0.2, 0.25) is 5.91 Å². The van der Waals surface area contributed by atoms with Gasteiger partial charge in [-0.1, -0.05) is 12.1 Å². The first-order chi connectivity index (χ1) is 10.5. The summed E-state index contributed by atoms with van der Waals surface area (Å²) in [4.78, 5) is 18.2. The van der Waals surface area contributed by atoms with Gasteiger partial charge >= 0.3 is 0 Å². The first-order valence-corrected chi connectivity index (χ1v) is 8.66. The Balaban J connectivity index is 1.75. The monoisotopic (exact) mass is 322 g/mol. The second kappa shape index (κ2) is 5.69. The first kappa shape index (κ1) is 15.0. The summed E-state index contributed by atoms with van der Waals surface area (Å²) in [5, 5.41) is 0. The number of rotatable bonds is 2. The van der Waals surface area contributed by atoms with Crippen molar-refractivity contribution < 1.29 is 13.2 Å². The number of likely N-dealkylation sites (tertiary alicyclic amines) is 1. The van der Waals surface area contributed by atoms with Gasteiger partial charge < -0.3 is 10.6 Å². The number of nitrogens with one attached hydrogen (secondary N) is 1. The number of piperidine rings is 1. The summed E-state index contributed by atoms with van der Waals surface area (Å²) in [6.45, 7) is 1.13. The van der Waals surface area contributed by atoms with Crippen molar-refractivity contribution in [1.82, 2.24) is 9.62 Å². The van der Waals surface area contributed by atoms with E-state index in [1.807, 2.05) is 0 Å². The highest BCUT2D eigenvalue weighted by atomic mass is 32.2. The molecule has 1 saturated heterocycles. The Morgan fingerprint density at radius 3 is 2.95 bits per heavy atom. The van der Waals surface area contributed by atoms with Gasteiger partial charge in [-0.3, -0.25) is 14.5 Å². The molecule has 0 bridgehead atoms. The van der Waals surface area contributed by atoms with Crippen LogP contribution in [0.5, 0.6) is 0 Å². The number of hydrogen-bond donors (Lipinski definition) is 2. The smallest absolute Gasteiger partial charge is 0.263 e. The van der Waals surface area contributed by atoms with Crippen LogP contribution < -0.4 is 10.5 Å². The molecule has 22 heavy (non-hydrogen) atoms. The maximum Gasteiger partial charge on any atom is 0.263 e. The van der Waals surface area contributed by atoms with Gasteiger partial charge in [0.25, 0.3) is 10.0 Å². The highest BCUT2D eigenvalue weighted by Gasteiger charge is 2.30. The van der Waals surface area contributed by atoms with Crippen LogP contribution in [0, 0.1) is 0 Å². The lowest BCUT2D eigenvalue weighted by Crippen LogP contribution is -2.46. The predicted molar refractivity (Wildman–Crippen MR) is 82.0 cm³/mol. The molecule has 2 heterocycles. The summed E-state index contributed by atoms with van der Waals surface area (Å²) in [5.41, 5.74) is 6.36. The zero-order chi connectivity index (χ0) is 15.7. The minimum absolute atomic E-state index is 0.0102. The third-order valence-electron chi connectivity index (χ3n) is 3.85. The number of amides is 1. The van der Waals surface area contributed by atoms with E-state index >= 15 is 0 Å². The topological polar surface area (TPSA) is 105 Å². The standard InChI is InChI=1S/C14H18N4O3S/c15-10-4-3-7-18(9-10)13(19)8-16-14-11-5-1-2-6-12(11)22(20,21)17-14/h1-2,5-6,10H,3-4,7-9,15H2,(H,16,17). The molecule has 0 radical (unpaired) electrons. The summed E-state index contributed by atoms with van der Waals surface area (Å²) in [7, 11) is -3.56. The van der Waals surface area contributed by atoms with Crippen LogP contribution in [0.25, 0.3) is 0 Å². The fourth-order valence-corrected chi connectivity index (χ4v) is 3.99. The van der Waals surface area contributed by atoms with Gasteiger partial charge in [-0.25, -0.2) is 8.42 Å². The third-order valence-corrected chi connectivity index (χ3v) is 5.24. The van der Waals surface area contributed by atoms with Crippen LogP contribution in [0.4, 0.5) is 0 Å². The Morgan fingerprint density at radius 2 is 2.18 bits per heavy atom. The van der Waals surface area contributed by atoms with Crippen LogP contribution in [-0.4, -0.2) is 50.7 Å². The van der Waals surface area contributed by atoms with E-state index in [9.17, 15) is 13.2 Å². The van der Waals surface area contributed by atoms with E-state index in [1.54, 1.807) is 23.1 Å². The van der Waals surface area contributed by atoms with E-state index in [0.29, 0.717) is 18.7 Å². The molecule has 1 unspecified atom stereocenters. The van der Waals surface area contributed by atoms with Crippen LogP contribution in [-0.2, 0) is 14.8 Å². The maximum absolute atomic E-state index is 12.2. The second-order valence-corrected chi connectivity index (χ2v) is 7.16. The van der Waals surface area contributed by atoms with E-state index in [-0.39, 0.29) is 29.2 Å². The molecule has 2 aliphatic heterocycles. The fourth-order valence-electron chi connectivity index (χ4n) is 2.73. The van der Waals surface area contributed by atoms with Crippen molar-refractivity contribution in [3.63, 3.8) is 0 Å². The van der Waals surface area contributed by atoms with Crippen molar-refractivity contribution >= 4 is 21.8 Å².